The summed E-state index contributed by atoms with van der Waals surface area (Å²) in [6.07, 6.45) is 3.39. The number of guanidine groups is 1. The Labute approximate surface area is 182 Å². The molecule has 0 amide bonds. The summed E-state index contributed by atoms with van der Waals surface area (Å²) in [5, 5.41) is 14.7. The van der Waals surface area contributed by atoms with Gasteiger partial charge in [0.25, 0.3) is 0 Å². The van der Waals surface area contributed by atoms with Gasteiger partial charge in [0.1, 0.15) is 23.7 Å². The van der Waals surface area contributed by atoms with E-state index >= 15 is 0 Å². The van der Waals surface area contributed by atoms with E-state index < -0.39 is 0 Å². The van der Waals surface area contributed by atoms with E-state index in [4.69, 9.17) is 4.74 Å². The monoisotopic (exact) mass is 424 g/mol. The molecule has 7 nitrogen and oxygen atoms in total. The number of hydrogen-bond acceptors (Lipinski definition) is 4. The molecule has 164 valence electrons. The molecule has 0 aliphatic heterocycles. The third-order valence-corrected chi connectivity index (χ3v) is 4.89. The van der Waals surface area contributed by atoms with E-state index in [1.165, 1.54) is 11.6 Å². The van der Waals surface area contributed by atoms with Crippen LogP contribution in [0.5, 0.6) is 5.75 Å². The molecule has 0 fully saturated rings. The van der Waals surface area contributed by atoms with Crippen LogP contribution in [0, 0.1) is 5.82 Å². The van der Waals surface area contributed by atoms with E-state index in [1.807, 2.05) is 34.9 Å². The Bertz CT molecular complexity index is 970. The fourth-order valence-electron chi connectivity index (χ4n) is 3.12. The number of aliphatic imine (C=N–C) groups is 1. The molecule has 31 heavy (non-hydrogen) atoms. The third kappa shape index (κ3) is 6.80. The van der Waals surface area contributed by atoms with Crippen molar-refractivity contribution in [3.8, 4) is 5.75 Å². The summed E-state index contributed by atoms with van der Waals surface area (Å²) in [7, 11) is 1.66. The van der Waals surface area contributed by atoms with Gasteiger partial charge in [-0.05, 0) is 30.2 Å². The number of methoxy groups -OCH3 is 1. The van der Waals surface area contributed by atoms with Crippen molar-refractivity contribution >= 4 is 5.96 Å². The van der Waals surface area contributed by atoms with Crippen molar-refractivity contribution in [2.24, 2.45) is 4.99 Å². The number of hydrogen-bond donors (Lipinski definition) is 2. The lowest BCUT2D eigenvalue weighted by Gasteiger charge is -2.14. The van der Waals surface area contributed by atoms with Crippen LogP contribution < -0.4 is 15.4 Å². The minimum atomic E-state index is -0.249. The van der Waals surface area contributed by atoms with Crippen molar-refractivity contribution in [2.75, 3.05) is 20.2 Å². The Morgan fingerprint density at radius 1 is 1.10 bits per heavy atom. The Balaban J connectivity index is 1.58. The van der Waals surface area contributed by atoms with Gasteiger partial charge in [-0.25, -0.2) is 9.38 Å². The van der Waals surface area contributed by atoms with Crippen LogP contribution in [0.3, 0.4) is 0 Å². The highest BCUT2D eigenvalue weighted by atomic mass is 19.1. The summed E-state index contributed by atoms with van der Waals surface area (Å²) in [4.78, 5) is 4.57. The number of nitrogens with zero attached hydrogens (tertiary/aromatic N) is 4. The molecule has 3 aromatic rings. The molecular formula is C23H29FN6O. The number of benzene rings is 2. The molecule has 0 bridgehead atoms. The topological polar surface area (TPSA) is 76.4 Å². The van der Waals surface area contributed by atoms with Gasteiger partial charge in [-0.3, -0.25) is 0 Å². The molecule has 2 N–H and O–H groups in total. The lowest BCUT2D eigenvalue weighted by molar-refractivity contribution is 0.414. The van der Waals surface area contributed by atoms with Crippen LogP contribution in [0.15, 0.2) is 59.9 Å². The summed E-state index contributed by atoms with van der Waals surface area (Å²) >= 11 is 0. The molecule has 8 heteroatoms. The third-order valence-electron chi connectivity index (χ3n) is 4.89. The quantitative estimate of drug-likeness (QED) is 0.387. The smallest absolute Gasteiger partial charge is 0.191 e. The summed E-state index contributed by atoms with van der Waals surface area (Å²) in [5.74, 6) is 2.17. The Morgan fingerprint density at radius 3 is 2.61 bits per heavy atom. The maximum absolute atomic E-state index is 14.0. The number of aryl methyl sites for hydroxylation is 1. The van der Waals surface area contributed by atoms with Gasteiger partial charge < -0.3 is 19.9 Å². The first-order valence-corrected chi connectivity index (χ1v) is 10.4. The highest BCUT2D eigenvalue weighted by molar-refractivity contribution is 5.79. The summed E-state index contributed by atoms with van der Waals surface area (Å²) in [6.45, 7) is 4.38. The van der Waals surface area contributed by atoms with Crippen molar-refractivity contribution in [1.82, 2.24) is 25.4 Å². The van der Waals surface area contributed by atoms with Crippen molar-refractivity contribution in [3.63, 3.8) is 0 Å². The molecule has 0 radical (unpaired) electrons. The van der Waals surface area contributed by atoms with Gasteiger partial charge in [0.2, 0.25) is 0 Å². The zero-order chi connectivity index (χ0) is 21.9. The molecule has 0 aliphatic carbocycles. The molecular weight excluding hydrogens is 395 g/mol. The van der Waals surface area contributed by atoms with Gasteiger partial charge in [-0.2, -0.15) is 0 Å². The predicted octanol–water partition coefficient (Wildman–Crippen LogP) is 2.97. The summed E-state index contributed by atoms with van der Waals surface area (Å²) in [5.41, 5.74) is 1.75. The highest BCUT2D eigenvalue weighted by Crippen LogP contribution is 2.11. The van der Waals surface area contributed by atoms with Crippen molar-refractivity contribution in [2.45, 2.75) is 32.9 Å². The van der Waals surface area contributed by atoms with Crippen LogP contribution in [0.4, 0.5) is 4.39 Å². The number of ether oxygens (including phenoxy) is 1. The minimum absolute atomic E-state index is 0.249. The SMILES string of the molecule is CCc1nncn1CCNC(=NCc1ccccc1F)NCCc1ccc(OC)cc1. The number of halogens is 1. The van der Waals surface area contributed by atoms with Crippen LogP contribution in [-0.4, -0.2) is 40.9 Å². The van der Waals surface area contributed by atoms with E-state index in [2.05, 4.69) is 32.7 Å². The molecule has 0 saturated heterocycles. The zero-order valence-corrected chi connectivity index (χ0v) is 18.0. The van der Waals surface area contributed by atoms with Crippen LogP contribution in [0.1, 0.15) is 23.9 Å². The molecule has 0 saturated carbocycles. The Morgan fingerprint density at radius 2 is 1.87 bits per heavy atom. The van der Waals surface area contributed by atoms with E-state index in [0.717, 1.165) is 31.0 Å². The fraction of sp³-hybridized carbons (Fsp3) is 0.348. The first kappa shape index (κ1) is 22.3. The lowest BCUT2D eigenvalue weighted by atomic mass is 10.1. The van der Waals surface area contributed by atoms with E-state index in [9.17, 15) is 4.39 Å². The second-order valence-electron chi connectivity index (χ2n) is 7.00. The number of nitrogens with one attached hydrogen (secondary N) is 2. The second-order valence-corrected chi connectivity index (χ2v) is 7.00. The molecule has 0 spiro atoms. The Hall–Kier alpha value is -3.42. The van der Waals surface area contributed by atoms with Crippen LogP contribution in [0.2, 0.25) is 0 Å². The van der Waals surface area contributed by atoms with E-state index in [-0.39, 0.29) is 12.4 Å². The average Bonchev–Trinajstić information content (AvgIpc) is 3.26. The highest BCUT2D eigenvalue weighted by Gasteiger charge is 2.05. The Kier molecular flexibility index (Phi) is 8.39. The molecule has 3 rings (SSSR count). The first-order valence-electron chi connectivity index (χ1n) is 10.4. The van der Waals surface area contributed by atoms with E-state index in [0.29, 0.717) is 24.6 Å². The predicted molar refractivity (Wildman–Crippen MR) is 120 cm³/mol. The van der Waals surface area contributed by atoms with Gasteiger partial charge in [0.05, 0.1) is 13.7 Å². The van der Waals surface area contributed by atoms with Gasteiger partial charge in [0.15, 0.2) is 5.96 Å². The van der Waals surface area contributed by atoms with Gasteiger partial charge in [0, 0.05) is 31.6 Å². The molecule has 0 atom stereocenters. The second kappa shape index (κ2) is 11.7. The normalized spacial score (nSPS) is 11.4. The number of rotatable bonds is 10. The fourth-order valence-corrected chi connectivity index (χ4v) is 3.12. The van der Waals surface area contributed by atoms with Crippen LogP contribution >= 0.6 is 0 Å². The van der Waals surface area contributed by atoms with E-state index in [1.54, 1.807) is 25.6 Å². The standard InChI is InChI=1S/C23H29FN6O/c1-3-22-29-28-17-30(22)15-14-26-23(27-16-19-6-4-5-7-21(19)24)25-13-12-18-8-10-20(31-2)11-9-18/h4-11,17H,3,12-16H2,1-2H3,(H2,25,26,27). The molecule has 1 aromatic heterocycles. The lowest BCUT2D eigenvalue weighted by Crippen LogP contribution is -2.40. The molecule has 1 heterocycles. The van der Waals surface area contributed by atoms with Crippen LogP contribution in [-0.2, 0) is 25.9 Å². The van der Waals surface area contributed by atoms with Crippen molar-refractivity contribution < 1.29 is 9.13 Å². The molecule has 0 aliphatic rings. The van der Waals surface area contributed by atoms with Gasteiger partial charge in [-0.1, -0.05) is 37.3 Å². The largest absolute Gasteiger partial charge is 0.497 e. The van der Waals surface area contributed by atoms with Crippen molar-refractivity contribution in [3.05, 3.63) is 77.6 Å². The molecule has 2 aromatic carbocycles. The maximum atomic E-state index is 14.0. The van der Waals surface area contributed by atoms with Crippen molar-refractivity contribution in [1.29, 1.82) is 0 Å². The van der Waals surface area contributed by atoms with Crippen LogP contribution in [0.25, 0.3) is 0 Å². The maximum Gasteiger partial charge on any atom is 0.191 e. The number of aromatic nitrogens is 3. The zero-order valence-electron chi connectivity index (χ0n) is 18.0. The minimum Gasteiger partial charge on any atom is -0.497 e. The van der Waals surface area contributed by atoms with Gasteiger partial charge >= 0.3 is 0 Å². The first-order chi connectivity index (χ1) is 15.2. The average molecular weight is 425 g/mol. The molecule has 0 unspecified atom stereocenters. The summed E-state index contributed by atoms with van der Waals surface area (Å²) in [6, 6.07) is 14.7. The van der Waals surface area contributed by atoms with Gasteiger partial charge in [-0.15, -0.1) is 10.2 Å². The summed E-state index contributed by atoms with van der Waals surface area (Å²) < 4.78 is 21.2.